The molecule has 0 saturated heterocycles. The first kappa shape index (κ1) is 8.70. The van der Waals surface area contributed by atoms with Crippen LogP contribution in [0, 0.1) is 5.21 Å². The van der Waals surface area contributed by atoms with Crippen LogP contribution in [0.15, 0.2) is 10.8 Å². The van der Waals surface area contributed by atoms with E-state index in [2.05, 4.69) is 15.2 Å². The molecule has 0 radical (unpaired) electrons. The van der Waals surface area contributed by atoms with E-state index in [4.69, 9.17) is 0 Å². The number of nitrogens with one attached hydrogen (secondary N) is 2. The average Bonchev–Trinajstić information content (AvgIpc) is 2.37. The molecule has 1 aromatic rings. The smallest absolute Gasteiger partial charge is 0.339 e. The molecule has 0 spiro atoms. The first-order valence-corrected chi connectivity index (χ1v) is 3.98. The Kier molecular flexibility index (Phi) is 2.79. The molecule has 5 nitrogen and oxygen atoms in total. The van der Waals surface area contributed by atoms with Crippen LogP contribution in [0.3, 0.4) is 0 Å². The molecule has 0 unspecified atom stereocenters. The summed E-state index contributed by atoms with van der Waals surface area (Å²) in [6.07, 6.45) is 1.40. The second-order valence-electron chi connectivity index (χ2n) is 2.30. The molecule has 0 aliphatic carbocycles. The fourth-order valence-corrected chi connectivity index (χ4v) is 0.951. The Morgan fingerprint density at radius 1 is 1.42 bits per heavy atom. The van der Waals surface area contributed by atoms with Crippen molar-refractivity contribution in [3.63, 3.8) is 0 Å². The van der Waals surface area contributed by atoms with Gasteiger partial charge in [-0.05, 0) is 18.8 Å². The Balaban J connectivity index is 2.80. The standard InChI is InChI=1S/C7H13N3O2/c1-3-8-6-5-12-10(11)7(6)9-4-2/h5,8-9H,3-4H2,1-2H3. The van der Waals surface area contributed by atoms with Gasteiger partial charge in [-0.25, -0.2) is 0 Å². The molecule has 1 heterocycles. The molecule has 12 heavy (non-hydrogen) atoms. The predicted molar refractivity (Wildman–Crippen MR) is 46.0 cm³/mol. The van der Waals surface area contributed by atoms with Crippen LogP contribution in [-0.2, 0) is 0 Å². The van der Waals surface area contributed by atoms with Gasteiger partial charge in [0.05, 0.1) is 6.54 Å². The van der Waals surface area contributed by atoms with Gasteiger partial charge in [-0.3, -0.25) is 5.32 Å². The number of aromatic nitrogens is 1. The van der Waals surface area contributed by atoms with Gasteiger partial charge in [-0.1, -0.05) is 0 Å². The van der Waals surface area contributed by atoms with Gasteiger partial charge in [0.25, 0.3) is 0 Å². The molecule has 2 N–H and O–H groups in total. The van der Waals surface area contributed by atoms with E-state index < -0.39 is 0 Å². The van der Waals surface area contributed by atoms with Crippen LogP contribution in [0.2, 0.25) is 0 Å². The van der Waals surface area contributed by atoms with Gasteiger partial charge < -0.3 is 15.0 Å². The molecule has 0 saturated carbocycles. The third-order valence-electron chi connectivity index (χ3n) is 1.42. The van der Waals surface area contributed by atoms with Crippen molar-refractivity contribution < 1.29 is 9.43 Å². The van der Waals surface area contributed by atoms with Crippen LogP contribution in [0.5, 0.6) is 0 Å². The van der Waals surface area contributed by atoms with E-state index in [1.807, 2.05) is 13.8 Å². The van der Waals surface area contributed by atoms with Crippen molar-refractivity contribution in [1.29, 1.82) is 0 Å². The minimum Gasteiger partial charge on any atom is -0.446 e. The minimum atomic E-state index is 0.444. The van der Waals surface area contributed by atoms with Crippen molar-refractivity contribution in [3.8, 4) is 0 Å². The lowest BCUT2D eigenvalue weighted by Gasteiger charge is -1.99. The molecular formula is C7H13N3O2. The summed E-state index contributed by atoms with van der Waals surface area (Å²) in [5, 5.41) is 16.9. The lowest BCUT2D eigenvalue weighted by atomic mass is 10.5. The fraction of sp³-hybridized carbons (Fsp3) is 0.571. The maximum atomic E-state index is 11.0. The Morgan fingerprint density at radius 2 is 2.08 bits per heavy atom. The summed E-state index contributed by atoms with van der Waals surface area (Å²) in [5.41, 5.74) is 0.703. The van der Waals surface area contributed by atoms with Gasteiger partial charge in [0.2, 0.25) is 0 Å². The number of anilines is 2. The Morgan fingerprint density at radius 3 is 2.67 bits per heavy atom. The monoisotopic (exact) mass is 171 g/mol. The summed E-state index contributed by atoms with van der Waals surface area (Å²) < 4.78 is 4.64. The highest BCUT2D eigenvalue weighted by Gasteiger charge is 2.12. The number of hydrogen-bond donors (Lipinski definition) is 2. The maximum Gasteiger partial charge on any atom is 0.339 e. The Bertz CT molecular complexity index is 247. The van der Waals surface area contributed by atoms with Crippen LogP contribution < -0.4 is 15.5 Å². The van der Waals surface area contributed by atoms with E-state index in [9.17, 15) is 5.21 Å². The third kappa shape index (κ3) is 1.61. The van der Waals surface area contributed by atoms with Gasteiger partial charge >= 0.3 is 5.82 Å². The van der Waals surface area contributed by atoms with E-state index in [1.54, 1.807) is 0 Å². The van der Waals surface area contributed by atoms with Crippen molar-refractivity contribution in [2.75, 3.05) is 23.7 Å². The van der Waals surface area contributed by atoms with Crippen molar-refractivity contribution in [2.24, 2.45) is 0 Å². The molecule has 0 amide bonds. The zero-order valence-corrected chi connectivity index (χ0v) is 7.26. The lowest BCUT2D eigenvalue weighted by Crippen LogP contribution is -2.27. The van der Waals surface area contributed by atoms with Crippen LogP contribution in [0.1, 0.15) is 13.8 Å². The van der Waals surface area contributed by atoms with Crippen molar-refractivity contribution in [1.82, 2.24) is 0 Å². The van der Waals surface area contributed by atoms with Crippen LogP contribution in [0.25, 0.3) is 0 Å². The summed E-state index contributed by atoms with van der Waals surface area (Å²) in [7, 11) is 0. The SMILES string of the molecule is CCNc1co[n+]([O-])c1NCC. The van der Waals surface area contributed by atoms with E-state index in [0.29, 0.717) is 23.0 Å². The summed E-state index contributed by atoms with van der Waals surface area (Å²) >= 11 is 0. The second-order valence-corrected chi connectivity index (χ2v) is 2.30. The predicted octanol–water partition coefficient (Wildman–Crippen LogP) is 0.777. The summed E-state index contributed by atoms with van der Waals surface area (Å²) in [5.74, 6) is 0.444. The van der Waals surface area contributed by atoms with Crippen molar-refractivity contribution in [2.45, 2.75) is 13.8 Å². The molecule has 0 atom stereocenters. The second kappa shape index (κ2) is 3.85. The van der Waals surface area contributed by atoms with Crippen LogP contribution >= 0.6 is 0 Å². The molecule has 0 aromatic carbocycles. The van der Waals surface area contributed by atoms with Crippen molar-refractivity contribution in [3.05, 3.63) is 11.5 Å². The van der Waals surface area contributed by atoms with Crippen LogP contribution in [0.4, 0.5) is 11.5 Å². The van der Waals surface area contributed by atoms with Gasteiger partial charge in [0.1, 0.15) is 5.69 Å². The fourth-order valence-electron chi connectivity index (χ4n) is 0.951. The Labute approximate surface area is 70.9 Å². The first-order chi connectivity index (χ1) is 5.79. The minimum absolute atomic E-state index is 0.444. The zero-order chi connectivity index (χ0) is 8.97. The molecule has 0 aliphatic rings. The van der Waals surface area contributed by atoms with Gasteiger partial charge in [0.15, 0.2) is 0 Å². The zero-order valence-electron chi connectivity index (χ0n) is 7.26. The molecule has 1 rings (SSSR count). The lowest BCUT2D eigenvalue weighted by molar-refractivity contribution is -0.780. The quantitative estimate of drug-likeness (QED) is 0.657. The normalized spacial score (nSPS) is 9.83. The molecule has 1 aromatic heterocycles. The van der Waals surface area contributed by atoms with Crippen molar-refractivity contribution >= 4 is 11.5 Å². The molecular weight excluding hydrogens is 158 g/mol. The summed E-state index contributed by atoms with van der Waals surface area (Å²) in [6.45, 7) is 5.33. The molecule has 5 heteroatoms. The van der Waals surface area contributed by atoms with E-state index in [1.165, 1.54) is 6.26 Å². The van der Waals surface area contributed by atoms with Gasteiger partial charge in [0, 0.05) is 12.8 Å². The third-order valence-corrected chi connectivity index (χ3v) is 1.42. The number of nitrogens with zero attached hydrogens (tertiary/aromatic N) is 1. The topological polar surface area (TPSA) is 64.1 Å². The highest BCUT2D eigenvalue weighted by Crippen LogP contribution is 2.16. The first-order valence-electron chi connectivity index (χ1n) is 3.98. The largest absolute Gasteiger partial charge is 0.446 e. The average molecular weight is 171 g/mol. The van der Waals surface area contributed by atoms with E-state index >= 15 is 0 Å². The molecule has 0 bridgehead atoms. The summed E-state index contributed by atoms with van der Waals surface area (Å²) in [6, 6.07) is 0. The number of rotatable bonds is 4. The molecule has 68 valence electrons. The molecule has 0 fully saturated rings. The molecule has 0 aliphatic heterocycles. The highest BCUT2D eigenvalue weighted by molar-refractivity contribution is 5.59. The highest BCUT2D eigenvalue weighted by atomic mass is 16.7. The van der Waals surface area contributed by atoms with Gasteiger partial charge in [-0.15, -0.1) is 0 Å². The van der Waals surface area contributed by atoms with Crippen LogP contribution in [-0.4, -0.2) is 13.1 Å². The van der Waals surface area contributed by atoms with E-state index in [0.717, 1.165) is 6.54 Å². The van der Waals surface area contributed by atoms with Gasteiger partial charge in [-0.2, -0.15) is 0 Å². The summed E-state index contributed by atoms with van der Waals surface area (Å²) in [4.78, 5) is 0.460. The number of hydrogen-bond acceptors (Lipinski definition) is 4. The Hall–Kier alpha value is -1.39. The maximum absolute atomic E-state index is 11.0. The van der Waals surface area contributed by atoms with E-state index in [-0.39, 0.29) is 0 Å².